The Hall–Kier alpha value is -2.68. The molecule has 2 N–H and O–H groups in total. The van der Waals surface area contributed by atoms with Crippen molar-refractivity contribution in [2.45, 2.75) is 50.5 Å². The summed E-state index contributed by atoms with van der Waals surface area (Å²) in [5, 5.41) is 21.8. The quantitative estimate of drug-likeness (QED) is 0.595. The monoisotopic (exact) mass is 431 g/mol. The number of nitriles is 1. The van der Waals surface area contributed by atoms with Crippen LogP contribution in [0.25, 0.3) is 0 Å². The van der Waals surface area contributed by atoms with Crippen LogP contribution in [0.15, 0.2) is 54.6 Å². The Kier molecular flexibility index (Phi) is 7.24. The SMILES string of the molecule is N#CCc1ccc(CC2(CN[C@@H]3C[C@H]3c3ccccc3)CCN(CCC(=O)O)CC2)cc1. The summed E-state index contributed by atoms with van der Waals surface area (Å²) in [5.41, 5.74) is 3.99. The van der Waals surface area contributed by atoms with Crippen LogP contribution >= 0.6 is 0 Å². The summed E-state index contributed by atoms with van der Waals surface area (Å²) in [6.07, 6.45) is 5.03. The molecule has 0 radical (unpaired) electrons. The molecule has 1 heterocycles. The second kappa shape index (κ2) is 10.3. The average Bonchev–Trinajstić information content (AvgIpc) is 3.59. The van der Waals surface area contributed by atoms with Crippen LogP contribution in [0.3, 0.4) is 0 Å². The highest BCUT2D eigenvalue weighted by Crippen LogP contribution is 2.42. The number of nitrogens with zero attached hydrogens (tertiary/aromatic N) is 2. The molecular formula is C27H33N3O2. The van der Waals surface area contributed by atoms with E-state index >= 15 is 0 Å². The average molecular weight is 432 g/mol. The number of rotatable bonds is 10. The smallest absolute Gasteiger partial charge is 0.304 e. The summed E-state index contributed by atoms with van der Waals surface area (Å²) in [6.45, 7) is 3.54. The summed E-state index contributed by atoms with van der Waals surface area (Å²) < 4.78 is 0. The second-order valence-corrected chi connectivity index (χ2v) is 9.55. The van der Waals surface area contributed by atoms with Crippen molar-refractivity contribution in [3.05, 3.63) is 71.3 Å². The van der Waals surface area contributed by atoms with Crippen LogP contribution in [-0.4, -0.2) is 48.2 Å². The van der Waals surface area contributed by atoms with Gasteiger partial charge in [0.1, 0.15) is 0 Å². The largest absolute Gasteiger partial charge is 0.481 e. The van der Waals surface area contributed by atoms with E-state index in [4.69, 9.17) is 10.4 Å². The Bertz CT molecular complexity index is 928. The Morgan fingerprint density at radius 2 is 1.78 bits per heavy atom. The molecule has 2 aliphatic rings. The third-order valence-corrected chi connectivity index (χ3v) is 7.20. The number of aliphatic carboxylic acids is 1. The highest BCUT2D eigenvalue weighted by atomic mass is 16.4. The van der Waals surface area contributed by atoms with E-state index in [1.54, 1.807) is 0 Å². The second-order valence-electron chi connectivity index (χ2n) is 9.55. The maximum Gasteiger partial charge on any atom is 0.304 e. The van der Waals surface area contributed by atoms with Crippen LogP contribution < -0.4 is 5.32 Å². The van der Waals surface area contributed by atoms with E-state index in [9.17, 15) is 4.79 Å². The van der Waals surface area contributed by atoms with Crippen molar-refractivity contribution in [2.24, 2.45) is 5.41 Å². The van der Waals surface area contributed by atoms with Crippen molar-refractivity contribution in [2.75, 3.05) is 26.2 Å². The van der Waals surface area contributed by atoms with Gasteiger partial charge in [-0.05, 0) is 60.9 Å². The molecule has 1 aliphatic carbocycles. The van der Waals surface area contributed by atoms with Gasteiger partial charge in [-0.2, -0.15) is 5.26 Å². The number of piperidine rings is 1. The van der Waals surface area contributed by atoms with Crippen LogP contribution in [-0.2, 0) is 17.6 Å². The lowest BCUT2D eigenvalue weighted by molar-refractivity contribution is -0.137. The van der Waals surface area contributed by atoms with Gasteiger partial charge in [-0.15, -0.1) is 0 Å². The first kappa shape index (κ1) is 22.5. The van der Waals surface area contributed by atoms with Crippen molar-refractivity contribution < 1.29 is 9.90 Å². The molecule has 5 nitrogen and oxygen atoms in total. The number of carbonyl (C=O) groups is 1. The molecule has 0 aromatic heterocycles. The first-order valence-electron chi connectivity index (χ1n) is 11.7. The molecule has 1 aliphatic heterocycles. The Balaban J connectivity index is 1.39. The molecule has 0 spiro atoms. The normalized spacial score (nSPS) is 22.2. The molecular weight excluding hydrogens is 398 g/mol. The highest BCUT2D eigenvalue weighted by molar-refractivity contribution is 5.66. The van der Waals surface area contributed by atoms with Gasteiger partial charge in [-0.1, -0.05) is 54.6 Å². The van der Waals surface area contributed by atoms with Crippen molar-refractivity contribution in [3.8, 4) is 6.07 Å². The zero-order valence-electron chi connectivity index (χ0n) is 18.7. The van der Waals surface area contributed by atoms with Crippen LogP contribution in [0.5, 0.6) is 0 Å². The predicted octanol–water partition coefficient (Wildman–Crippen LogP) is 4.00. The summed E-state index contributed by atoms with van der Waals surface area (Å²) >= 11 is 0. The Labute approximate surface area is 191 Å². The Morgan fingerprint density at radius 3 is 2.44 bits per heavy atom. The topological polar surface area (TPSA) is 76.4 Å². The summed E-state index contributed by atoms with van der Waals surface area (Å²) in [6, 6.07) is 22.0. The van der Waals surface area contributed by atoms with E-state index in [1.807, 2.05) is 0 Å². The van der Waals surface area contributed by atoms with Gasteiger partial charge in [0.05, 0.1) is 18.9 Å². The number of carboxylic acids is 1. The first-order valence-corrected chi connectivity index (χ1v) is 11.7. The van der Waals surface area contributed by atoms with Gasteiger partial charge in [-0.3, -0.25) is 4.79 Å². The molecule has 0 unspecified atom stereocenters. The number of benzene rings is 2. The fourth-order valence-electron chi connectivity index (χ4n) is 5.06. The third kappa shape index (κ3) is 5.97. The molecule has 1 saturated carbocycles. The van der Waals surface area contributed by atoms with Crippen molar-refractivity contribution in [3.63, 3.8) is 0 Å². The zero-order chi connectivity index (χ0) is 22.4. The number of nitrogens with one attached hydrogen (secondary N) is 1. The Morgan fingerprint density at radius 1 is 1.09 bits per heavy atom. The van der Waals surface area contributed by atoms with E-state index in [0.717, 1.165) is 44.5 Å². The maximum atomic E-state index is 11.0. The van der Waals surface area contributed by atoms with Crippen LogP contribution in [0, 0.1) is 16.7 Å². The fraction of sp³-hybridized carbons (Fsp3) is 0.481. The van der Waals surface area contributed by atoms with Gasteiger partial charge in [0.15, 0.2) is 0 Å². The molecule has 168 valence electrons. The van der Waals surface area contributed by atoms with Gasteiger partial charge >= 0.3 is 5.97 Å². The van der Waals surface area contributed by atoms with Crippen molar-refractivity contribution >= 4 is 5.97 Å². The number of likely N-dealkylation sites (tertiary alicyclic amines) is 1. The molecule has 2 fully saturated rings. The van der Waals surface area contributed by atoms with Crippen LogP contribution in [0.2, 0.25) is 0 Å². The maximum absolute atomic E-state index is 11.0. The van der Waals surface area contributed by atoms with Crippen molar-refractivity contribution in [1.29, 1.82) is 5.26 Å². The minimum atomic E-state index is -0.721. The summed E-state index contributed by atoms with van der Waals surface area (Å²) in [5.74, 6) is -0.101. The summed E-state index contributed by atoms with van der Waals surface area (Å²) in [4.78, 5) is 13.3. The predicted molar refractivity (Wildman–Crippen MR) is 125 cm³/mol. The molecule has 32 heavy (non-hydrogen) atoms. The zero-order valence-corrected chi connectivity index (χ0v) is 18.7. The highest BCUT2D eigenvalue weighted by Gasteiger charge is 2.41. The third-order valence-electron chi connectivity index (χ3n) is 7.20. The van der Waals surface area contributed by atoms with E-state index in [0.29, 0.717) is 24.9 Å². The minimum absolute atomic E-state index is 0.181. The van der Waals surface area contributed by atoms with Gasteiger partial charge in [0, 0.05) is 25.0 Å². The van der Waals surface area contributed by atoms with Gasteiger partial charge in [-0.25, -0.2) is 0 Å². The molecule has 4 rings (SSSR count). The molecule has 2 aromatic carbocycles. The fourth-order valence-corrected chi connectivity index (χ4v) is 5.06. The molecule has 0 amide bonds. The molecule has 2 aromatic rings. The van der Waals surface area contributed by atoms with E-state index in [2.05, 4.69) is 70.9 Å². The molecule has 2 atom stereocenters. The lowest BCUT2D eigenvalue weighted by Gasteiger charge is -2.42. The first-order chi connectivity index (χ1) is 15.6. The van der Waals surface area contributed by atoms with Gasteiger partial charge < -0.3 is 15.3 Å². The van der Waals surface area contributed by atoms with E-state index in [-0.39, 0.29) is 11.8 Å². The number of carboxylic acid groups (broad SMARTS) is 1. The lowest BCUT2D eigenvalue weighted by Crippen LogP contribution is -2.47. The standard InChI is InChI=1S/C27H33N3O2/c28-14-10-21-6-8-22(9-7-21)19-27(12-16-30(17-13-27)15-11-26(31)32)20-29-25-18-24(25)23-4-2-1-3-5-23/h1-9,24-25,29H,10-13,15-20H2,(H,31,32)/t24-,25+/m0/s1. The minimum Gasteiger partial charge on any atom is -0.481 e. The van der Waals surface area contributed by atoms with Crippen LogP contribution in [0.4, 0.5) is 0 Å². The van der Waals surface area contributed by atoms with Gasteiger partial charge in [0.2, 0.25) is 0 Å². The summed E-state index contributed by atoms with van der Waals surface area (Å²) in [7, 11) is 0. The molecule has 1 saturated heterocycles. The lowest BCUT2D eigenvalue weighted by atomic mass is 9.73. The number of hydrogen-bond acceptors (Lipinski definition) is 4. The van der Waals surface area contributed by atoms with Gasteiger partial charge in [0.25, 0.3) is 0 Å². The number of hydrogen-bond donors (Lipinski definition) is 2. The van der Waals surface area contributed by atoms with E-state index in [1.165, 1.54) is 17.5 Å². The van der Waals surface area contributed by atoms with Crippen molar-refractivity contribution in [1.82, 2.24) is 10.2 Å². The molecule has 0 bridgehead atoms. The van der Waals surface area contributed by atoms with Crippen LogP contribution in [0.1, 0.15) is 48.3 Å². The van der Waals surface area contributed by atoms with E-state index < -0.39 is 5.97 Å². The molecule has 5 heteroatoms.